The van der Waals surface area contributed by atoms with Crippen LogP contribution in [0.1, 0.15) is 46.0 Å². The Morgan fingerprint density at radius 2 is 2.17 bits per heavy atom. The van der Waals surface area contributed by atoms with Crippen LogP contribution >= 0.6 is 0 Å². The number of nitrogens with one attached hydrogen (secondary N) is 2. The first-order valence-corrected chi connectivity index (χ1v) is 7.42. The summed E-state index contributed by atoms with van der Waals surface area (Å²) in [4.78, 5) is 14.8. The molecule has 1 amide bonds. The van der Waals surface area contributed by atoms with Gasteiger partial charge in [0.2, 0.25) is 5.91 Å². The highest BCUT2D eigenvalue weighted by Gasteiger charge is 2.37. The third-order valence-corrected chi connectivity index (χ3v) is 4.33. The molecule has 2 aliphatic heterocycles. The average molecular weight is 253 g/mol. The van der Waals surface area contributed by atoms with Crippen LogP contribution in [0.2, 0.25) is 0 Å². The van der Waals surface area contributed by atoms with Crippen molar-refractivity contribution in [1.82, 2.24) is 15.5 Å². The number of rotatable bonds is 4. The van der Waals surface area contributed by atoms with Gasteiger partial charge in [0.25, 0.3) is 0 Å². The molecule has 2 heterocycles. The Bertz CT molecular complexity index is 279. The van der Waals surface area contributed by atoms with E-state index < -0.39 is 0 Å². The van der Waals surface area contributed by atoms with E-state index in [1.54, 1.807) is 0 Å². The second-order valence-corrected chi connectivity index (χ2v) is 5.95. The molecule has 104 valence electrons. The van der Waals surface area contributed by atoms with Crippen molar-refractivity contribution in [1.29, 1.82) is 0 Å². The molecule has 0 bridgehead atoms. The quantitative estimate of drug-likeness (QED) is 0.789. The Kier molecular flexibility index (Phi) is 4.62. The molecule has 2 N–H and O–H groups in total. The van der Waals surface area contributed by atoms with E-state index in [0.717, 1.165) is 45.3 Å². The van der Waals surface area contributed by atoms with Gasteiger partial charge in [-0.25, -0.2) is 0 Å². The Hall–Kier alpha value is -0.610. The van der Waals surface area contributed by atoms with Crippen LogP contribution in [0.4, 0.5) is 0 Å². The van der Waals surface area contributed by atoms with Gasteiger partial charge in [-0.15, -0.1) is 0 Å². The molecule has 0 saturated carbocycles. The van der Waals surface area contributed by atoms with E-state index in [0.29, 0.717) is 6.04 Å². The van der Waals surface area contributed by atoms with Crippen LogP contribution in [0.25, 0.3) is 0 Å². The fourth-order valence-electron chi connectivity index (χ4n) is 3.05. The molecule has 0 spiro atoms. The minimum absolute atomic E-state index is 0.203. The lowest BCUT2D eigenvalue weighted by Gasteiger charge is -2.34. The molecule has 0 radical (unpaired) electrons. The summed E-state index contributed by atoms with van der Waals surface area (Å²) in [7, 11) is 0. The highest BCUT2D eigenvalue weighted by atomic mass is 16.2. The molecule has 4 nitrogen and oxygen atoms in total. The van der Waals surface area contributed by atoms with E-state index in [1.165, 1.54) is 13.0 Å². The van der Waals surface area contributed by atoms with E-state index in [1.807, 2.05) is 6.92 Å². The summed E-state index contributed by atoms with van der Waals surface area (Å²) < 4.78 is 0. The van der Waals surface area contributed by atoms with Crippen LogP contribution < -0.4 is 10.6 Å². The van der Waals surface area contributed by atoms with Gasteiger partial charge in [-0.1, -0.05) is 6.92 Å². The minimum Gasteiger partial charge on any atom is -0.352 e. The lowest BCUT2D eigenvalue weighted by Crippen LogP contribution is -2.55. The smallest absolute Gasteiger partial charge is 0.240 e. The normalized spacial score (nSPS) is 30.6. The number of likely N-dealkylation sites (tertiary alicyclic amines) is 1. The fraction of sp³-hybridized carbons (Fsp3) is 0.929. The molecule has 2 fully saturated rings. The Balaban J connectivity index is 1.76. The van der Waals surface area contributed by atoms with Gasteiger partial charge in [-0.05, 0) is 52.1 Å². The Morgan fingerprint density at radius 1 is 1.44 bits per heavy atom. The predicted molar refractivity (Wildman–Crippen MR) is 73.5 cm³/mol. The molecule has 2 rings (SSSR count). The van der Waals surface area contributed by atoms with Crippen molar-refractivity contribution in [3.63, 3.8) is 0 Å². The molecule has 0 aromatic rings. The zero-order valence-corrected chi connectivity index (χ0v) is 11.8. The van der Waals surface area contributed by atoms with Gasteiger partial charge in [0.05, 0.1) is 5.54 Å². The maximum absolute atomic E-state index is 12.3. The van der Waals surface area contributed by atoms with Crippen molar-refractivity contribution in [3.8, 4) is 0 Å². The second kappa shape index (κ2) is 6.02. The first kappa shape index (κ1) is 13.8. The molecule has 1 atom stereocenters. The molecule has 0 aromatic heterocycles. The van der Waals surface area contributed by atoms with Gasteiger partial charge in [0, 0.05) is 19.1 Å². The Labute approximate surface area is 110 Å². The van der Waals surface area contributed by atoms with Gasteiger partial charge in [0.15, 0.2) is 0 Å². The standard InChI is InChI=1S/C14H27N3O/c1-3-9-17-10-5-12(6-11-17)16-13(18)14(2)7-4-8-15-14/h12,15H,3-11H2,1-2H3,(H,16,18). The average Bonchev–Trinajstić information content (AvgIpc) is 2.80. The molecule has 1 unspecified atom stereocenters. The molecule has 18 heavy (non-hydrogen) atoms. The van der Waals surface area contributed by atoms with Gasteiger partial charge in [-0.3, -0.25) is 4.79 Å². The van der Waals surface area contributed by atoms with Crippen LogP contribution in [0.3, 0.4) is 0 Å². The predicted octanol–water partition coefficient (Wildman–Crippen LogP) is 1.12. The lowest BCUT2D eigenvalue weighted by molar-refractivity contribution is -0.127. The van der Waals surface area contributed by atoms with Gasteiger partial charge < -0.3 is 15.5 Å². The largest absolute Gasteiger partial charge is 0.352 e. The summed E-state index contributed by atoms with van der Waals surface area (Å²) in [5.41, 5.74) is -0.319. The van der Waals surface area contributed by atoms with Crippen molar-refractivity contribution in [3.05, 3.63) is 0 Å². The van der Waals surface area contributed by atoms with Gasteiger partial charge >= 0.3 is 0 Å². The zero-order valence-electron chi connectivity index (χ0n) is 11.8. The number of hydrogen-bond acceptors (Lipinski definition) is 3. The van der Waals surface area contributed by atoms with Crippen LogP contribution in [-0.4, -0.2) is 48.6 Å². The molecule has 2 saturated heterocycles. The van der Waals surface area contributed by atoms with Crippen molar-refractivity contribution in [2.45, 2.75) is 57.5 Å². The maximum atomic E-state index is 12.3. The van der Waals surface area contributed by atoms with Crippen molar-refractivity contribution in [2.75, 3.05) is 26.2 Å². The SMILES string of the molecule is CCCN1CCC(NC(=O)C2(C)CCCN2)CC1. The van der Waals surface area contributed by atoms with Gasteiger partial charge in [-0.2, -0.15) is 0 Å². The summed E-state index contributed by atoms with van der Waals surface area (Å²) in [5, 5.41) is 6.56. The molecule has 0 aromatic carbocycles. The summed E-state index contributed by atoms with van der Waals surface area (Å²) in [6.07, 6.45) is 5.50. The summed E-state index contributed by atoms with van der Waals surface area (Å²) >= 11 is 0. The fourth-order valence-corrected chi connectivity index (χ4v) is 3.05. The number of nitrogens with zero attached hydrogens (tertiary/aromatic N) is 1. The number of carbonyl (C=O) groups is 1. The minimum atomic E-state index is -0.319. The molecule has 2 aliphatic rings. The van der Waals surface area contributed by atoms with Crippen molar-refractivity contribution >= 4 is 5.91 Å². The Morgan fingerprint density at radius 3 is 2.72 bits per heavy atom. The van der Waals surface area contributed by atoms with Crippen molar-refractivity contribution < 1.29 is 4.79 Å². The topological polar surface area (TPSA) is 44.4 Å². The monoisotopic (exact) mass is 253 g/mol. The van der Waals surface area contributed by atoms with Crippen molar-refractivity contribution in [2.24, 2.45) is 0 Å². The molecular formula is C14H27N3O. The summed E-state index contributed by atoms with van der Waals surface area (Å²) in [6.45, 7) is 8.67. The molecule has 4 heteroatoms. The van der Waals surface area contributed by atoms with Crippen LogP contribution in [-0.2, 0) is 4.79 Å². The molecular weight excluding hydrogens is 226 g/mol. The van der Waals surface area contributed by atoms with E-state index in [-0.39, 0.29) is 11.4 Å². The first-order chi connectivity index (χ1) is 8.64. The van der Waals surface area contributed by atoms with E-state index in [2.05, 4.69) is 22.5 Å². The third-order valence-electron chi connectivity index (χ3n) is 4.33. The third kappa shape index (κ3) is 3.23. The summed E-state index contributed by atoms with van der Waals surface area (Å²) in [6, 6.07) is 0.379. The van der Waals surface area contributed by atoms with Crippen LogP contribution in [0, 0.1) is 0 Å². The number of piperidine rings is 1. The number of carbonyl (C=O) groups excluding carboxylic acids is 1. The lowest BCUT2D eigenvalue weighted by atomic mass is 9.97. The highest BCUT2D eigenvalue weighted by molar-refractivity contribution is 5.86. The maximum Gasteiger partial charge on any atom is 0.240 e. The van der Waals surface area contributed by atoms with Crippen LogP contribution in [0.5, 0.6) is 0 Å². The number of amides is 1. The van der Waals surface area contributed by atoms with Gasteiger partial charge in [0.1, 0.15) is 0 Å². The highest BCUT2D eigenvalue weighted by Crippen LogP contribution is 2.20. The van der Waals surface area contributed by atoms with E-state index >= 15 is 0 Å². The second-order valence-electron chi connectivity index (χ2n) is 5.95. The number of hydrogen-bond donors (Lipinski definition) is 2. The van der Waals surface area contributed by atoms with E-state index in [9.17, 15) is 4.79 Å². The first-order valence-electron chi connectivity index (χ1n) is 7.42. The van der Waals surface area contributed by atoms with E-state index in [4.69, 9.17) is 0 Å². The zero-order chi connectivity index (χ0) is 13.0. The van der Waals surface area contributed by atoms with Crippen LogP contribution in [0.15, 0.2) is 0 Å². The summed E-state index contributed by atoms with van der Waals surface area (Å²) in [5.74, 6) is 0.203. The molecule has 0 aliphatic carbocycles.